The maximum absolute atomic E-state index is 6.20. The Morgan fingerprint density at radius 3 is 1.62 bits per heavy atom. The summed E-state index contributed by atoms with van der Waals surface area (Å²) in [5.74, 6) is 0.567. The molecule has 0 aliphatic heterocycles. The van der Waals surface area contributed by atoms with E-state index in [9.17, 15) is 0 Å². The van der Waals surface area contributed by atoms with Gasteiger partial charge in [-0.2, -0.15) is 0 Å². The molecule has 0 saturated heterocycles. The van der Waals surface area contributed by atoms with Crippen LogP contribution in [0.1, 0.15) is 54.9 Å². The summed E-state index contributed by atoms with van der Waals surface area (Å²) in [7, 11) is 0. The Labute approximate surface area is 84.1 Å². The fourth-order valence-corrected chi connectivity index (χ4v) is 2.39. The number of rotatable bonds is 3. The average Bonchev–Trinajstić information content (AvgIpc) is 1.80. The molecular formula is C12H27N. The van der Waals surface area contributed by atoms with E-state index >= 15 is 0 Å². The quantitative estimate of drug-likeness (QED) is 0.716. The summed E-state index contributed by atoms with van der Waals surface area (Å²) < 4.78 is 0. The van der Waals surface area contributed by atoms with E-state index in [4.69, 9.17) is 5.73 Å². The second-order valence-electron chi connectivity index (χ2n) is 6.50. The number of nitrogens with two attached hydrogens (primary N) is 1. The summed E-state index contributed by atoms with van der Waals surface area (Å²) in [6.07, 6.45) is 1.18. The molecular weight excluding hydrogens is 158 g/mol. The first kappa shape index (κ1) is 13.0. The van der Waals surface area contributed by atoms with Crippen LogP contribution in [0.3, 0.4) is 0 Å². The van der Waals surface area contributed by atoms with Gasteiger partial charge in [0.15, 0.2) is 0 Å². The van der Waals surface area contributed by atoms with Crippen molar-refractivity contribution in [1.29, 1.82) is 0 Å². The minimum Gasteiger partial charge on any atom is -0.327 e. The van der Waals surface area contributed by atoms with Gasteiger partial charge in [-0.25, -0.2) is 0 Å². The van der Waals surface area contributed by atoms with Crippen LogP contribution in [0.15, 0.2) is 0 Å². The number of hydrogen-bond donors (Lipinski definition) is 1. The van der Waals surface area contributed by atoms with Crippen LogP contribution >= 0.6 is 0 Å². The first-order valence-corrected chi connectivity index (χ1v) is 5.32. The number of hydrogen-bond acceptors (Lipinski definition) is 1. The van der Waals surface area contributed by atoms with E-state index in [1.165, 1.54) is 6.42 Å². The molecule has 0 saturated carbocycles. The molecule has 0 unspecified atom stereocenters. The lowest BCUT2D eigenvalue weighted by Crippen LogP contribution is -2.43. The first-order chi connectivity index (χ1) is 5.56. The highest BCUT2D eigenvalue weighted by molar-refractivity contribution is 4.86. The maximum Gasteiger partial charge on any atom is 0.0114 e. The van der Waals surface area contributed by atoms with Crippen molar-refractivity contribution < 1.29 is 0 Å². The molecule has 0 rings (SSSR count). The van der Waals surface area contributed by atoms with E-state index in [1.54, 1.807) is 0 Å². The van der Waals surface area contributed by atoms with Gasteiger partial charge in [0.2, 0.25) is 0 Å². The predicted octanol–water partition coefficient (Wildman–Crippen LogP) is 3.43. The van der Waals surface area contributed by atoms with Crippen LogP contribution < -0.4 is 5.73 Å². The lowest BCUT2D eigenvalue weighted by atomic mass is 9.69. The van der Waals surface area contributed by atoms with Gasteiger partial charge in [-0.3, -0.25) is 0 Å². The van der Waals surface area contributed by atoms with Crippen LogP contribution in [0.25, 0.3) is 0 Å². The van der Waals surface area contributed by atoms with E-state index in [0.29, 0.717) is 17.4 Å². The van der Waals surface area contributed by atoms with Crippen molar-refractivity contribution in [2.24, 2.45) is 22.5 Å². The molecule has 0 bridgehead atoms. The highest BCUT2D eigenvalue weighted by Gasteiger charge is 2.32. The molecule has 80 valence electrons. The largest absolute Gasteiger partial charge is 0.327 e. The van der Waals surface area contributed by atoms with E-state index in [0.717, 1.165) is 0 Å². The third-order valence-electron chi connectivity index (χ3n) is 2.61. The molecule has 0 aromatic rings. The van der Waals surface area contributed by atoms with Crippen molar-refractivity contribution >= 4 is 0 Å². The summed E-state index contributed by atoms with van der Waals surface area (Å²) in [5, 5.41) is 0. The molecule has 2 N–H and O–H groups in total. The topological polar surface area (TPSA) is 26.0 Å². The highest BCUT2D eigenvalue weighted by atomic mass is 14.7. The lowest BCUT2D eigenvalue weighted by Gasteiger charge is -2.39. The van der Waals surface area contributed by atoms with Gasteiger partial charge < -0.3 is 5.73 Å². The van der Waals surface area contributed by atoms with Gasteiger partial charge in [0.25, 0.3) is 0 Å². The molecule has 0 heterocycles. The summed E-state index contributed by atoms with van der Waals surface area (Å²) in [4.78, 5) is 0. The van der Waals surface area contributed by atoms with Crippen molar-refractivity contribution in [3.8, 4) is 0 Å². The molecule has 0 amide bonds. The van der Waals surface area contributed by atoms with Crippen LogP contribution in [0.4, 0.5) is 0 Å². The SMILES string of the molecule is CC(C)[C@H](N)C(C)(C)CC(C)(C)C. The highest BCUT2D eigenvalue weighted by Crippen LogP contribution is 2.37. The molecule has 1 heteroatoms. The monoisotopic (exact) mass is 185 g/mol. The smallest absolute Gasteiger partial charge is 0.0114 e. The van der Waals surface area contributed by atoms with Crippen LogP contribution in [-0.4, -0.2) is 6.04 Å². The van der Waals surface area contributed by atoms with Crippen molar-refractivity contribution in [3.63, 3.8) is 0 Å². The zero-order valence-electron chi connectivity index (χ0n) is 10.4. The van der Waals surface area contributed by atoms with Gasteiger partial charge in [-0.05, 0) is 23.2 Å². The third-order valence-corrected chi connectivity index (χ3v) is 2.61. The Bertz CT molecular complexity index is 151. The van der Waals surface area contributed by atoms with Crippen molar-refractivity contribution in [2.45, 2.75) is 60.9 Å². The molecule has 1 atom stereocenters. The molecule has 13 heavy (non-hydrogen) atoms. The van der Waals surface area contributed by atoms with Crippen molar-refractivity contribution in [2.75, 3.05) is 0 Å². The molecule has 0 fully saturated rings. The Morgan fingerprint density at radius 1 is 1.00 bits per heavy atom. The van der Waals surface area contributed by atoms with Crippen LogP contribution in [-0.2, 0) is 0 Å². The second kappa shape index (κ2) is 4.00. The minimum absolute atomic E-state index is 0.242. The Balaban J connectivity index is 4.39. The predicted molar refractivity (Wildman–Crippen MR) is 60.7 cm³/mol. The fourth-order valence-electron chi connectivity index (χ4n) is 2.39. The Kier molecular flexibility index (Phi) is 3.98. The van der Waals surface area contributed by atoms with E-state index in [-0.39, 0.29) is 5.41 Å². The van der Waals surface area contributed by atoms with E-state index < -0.39 is 0 Å². The standard InChI is InChI=1S/C12H27N/c1-9(2)10(13)12(6,7)8-11(3,4)5/h9-10H,8,13H2,1-7H3/t10-/m0/s1. The minimum atomic E-state index is 0.242. The zero-order chi connectivity index (χ0) is 10.9. The van der Waals surface area contributed by atoms with Crippen LogP contribution in [0.2, 0.25) is 0 Å². The van der Waals surface area contributed by atoms with E-state index in [2.05, 4.69) is 48.5 Å². The van der Waals surface area contributed by atoms with E-state index in [1.807, 2.05) is 0 Å². The van der Waals surface area contributed by atoms with Gasteiger partial charge in [0.05, 0.1) is 0 Å². The molecule has 0 spiro atoms. The summed E-state index contributed by atoms with van der Waals surface area (Å²) in [6.45, 7) is 15.8. The Hall–Kier alpha value is -0.0400. The molecule has 0 aromatic carbocycles. The molecule has 0 aliphatic rings. The average molecular weight is 185 g/mol. The molecule has 0 aliphatic carbocycles. The van der Waals surface area contributed by atoms with Crippen molar-refractivity contribution in [3.05, 3.63) is 0 Å². The summed E-state index contributed by atoms with van der Waals surface area (Å²) >= 11 is 0. The first-order valence-electron chi connectivity index (χ1n) is 5.32. The van der Waals surface area contributed by atoms with Crippen LogP contribution in [0.5, 0.6) is 0 Å². The maximum atomic E-state index is 6.20. The van der Waals surface area contributed by atoms with Crippen molar-refractivity contribution in [1.82, 2.24) is 0 Å². The zero-order valence-corrected chi connectivity index (χ0v) is 10.4. The fraction of sp³-hybridized carbons (Fsp3) is 1.00. The normalized spacial score (nSPS) is 16.4. The van der Waals surface area contributed by atoms with Gasteiger partial charge in [0.1, 0.15) is 0 Å². The van der Waals surface area contributed by atoms with Gasteiger partial charge in [-0.15, -0.1) is 0 Å². The summed E-state index contributed by atoms with van der Waals surface area (Å²) in [6, 6.07) is 0.298. The Morgan fingerprint density at radius 2 is 1.38 bits per heavy atom. The van der Waals surface area contributed by atoms with Gasteiger partial charge in [-0.1, -0.05) is 48.5 Å². The molecule has 0 radical (unpaired) electrons. The van der Waals surface area contributed by atoms with Crippen LogP contribution in [0, 0.1) is 16.7 Å². The third kappa shape index (κ3) is 4.66. The summed E-state index contributed by atoms with van der Waals surface area (Å²) in [5.41, 5.74) is 6.81. The van der Waals surface area contributed by atoms with Gasteiger partial charge >= 0.3 is 0 Å². The second-order valence-corrected chi connectivity index (χ2v) is 6.50. The lowest BCUT2D eigenvalue weighted by molar-refractivity contribution is 0.149. The molecule has 0 aromatic heterocycles. The van der Waals surface area contributed by atoms with Gasteiger partial charge in [0, 0.05) is 6.04 Å². The molecule has 1 nitrogen and oxygen atoms in total.